The number of nitrogens with zero attached hydrogens (tertiary/aromatic N) is 5. The van der Waals surface area contributed by atoms with E-state index in [0.717, 1.165) is 46.4 Å². The number of rotatable bonds is 12. The van der Waals surface area contributed by atoms with Crippen LogP contribution in [0.15, 0.2) is 79.1 Å². The summed E-state index contributed by atoms with van der Waals surface area (Å²) in [7, 11) is 1.28. The van der Waals surface area contributed by atoms with Crippen molar-refractivity contribution in [3.8, 4) is 33.6 Å². The van der Waals surface area contributed by atoms with Gasteiger partial charge in [0.05, 0.1) is 49.9 Å². The normalized spacial score (nSPS) is 18.7. The smallest absolute Gasteiger partial charge is 0.410 e. The average molecular weight is 960 g/mol. The summed E-state index contributed by atoms with van der Waals surface area (Å²) in [6.45, 7) is 13.6. The van der Waals surface area contributed by atoms with E-state index < -0.39 is 48.1 Å². The van der Waals surface area contributed by atoms with Gasteiger partial charge in [0, 0.05) is 36.8 Å². The quantitative estimate of drug-likeness (QED) is 0.0876. The van der Waals surface area contributed by atoms with Crippen LogP contribution < -0.4 is 10.6 Å². The number of hydrogen-bond donors (Lipinski definition) is 4. The lowest BCUT2D eigenvalue weighted by atomic mass is 10.0. The first-order valence-electron chi connectivity index (χ1n) is 23.9. The average Bonchev–Trinajstić information content (AvgIpc) is 4.19. The number of amides is 5. The highest BCUT2D eigenvalue weighted by atomic mass is 19.1. The molecule has 8 rings (SSSR count). The number of benzene rings is 3. The van der Waals surface area contributed by atoms with Crippen molar-refractivity contribution in [1.82, 2.24) is 45.3 Å². The first-order valence-corrected chi connectivity index (χ1v) is 23.9. The molecule has 4 N–H and O–H groups in total. The second kappa shape index (κ2) is 20.4. The maximum absolute atomic E-state index is 14.6. The number of methoxy groups -OCH3 is 1. The minimum atomic E-state index is -0.947. The summed E-state index contributed by atoms with van der Waals surface area (Å²) < 4.78 is 30.8. The number of aromatic nitrogens is 4. The molecule has 70 heavy (non-hydrogen) atoms. The Morgan fingerprint density at radius 1 is 0.786 bits per heavy atom. The van der Waals surface area contributed by atoms with E-state index in [0.29, 0.717) is 29.5 Å². The second-order valence-electron chi connectivity index (χ2n) is 19.9. The number of carbonyl (C=O) groups is 5. The van der Waals surface area contributed by atoms with Gasteiger partial charge in [-0.2, -0.15) is 0 Å². The Bertz CT molecular complexity index is 2710. The highest BCUT2D eigenvalue weighted by Crippen LogP contribution is 2.37. The molecule has 3 aliphatic rings. The van der Waals surface area contributed by atoms with Crippen molar-refractivity contribution in [1.29, 1.82) is 0 Å². The summed E-state index contributed by atoms with van der Waals surface area (Å²) in [5.41, 5.74) is 5.60. The van der Waals surface area contributed by atoms with Crippen LogP contribution in [-0.2, 0) is 36.9 Å². The van der Waals surface area contributed by atoms with E-state index >= 15 is 0 Å². The van der Waals surface area contributed by atoms with Gasteiger partial charge in [0.15, 0.2) is 0 Å². The molecule has 2 saturated heterocycles. The standard InChI is InChI=1S/C52H62FN9O8/c1-29(2)43(58-49(65)68-8)47(63)61-22-10-13-41(61)45-54-24-39(56-45)33-18-14-31(15-19-33)32-16-20-34(21-17-32)40-25-55-46(57-40)42-23-36(69-51(67)60-26-35-11-9-12-38(53)37(35)28-60)27-62(42)48(64)44(30(3)4)59-50(66)70-52(5,6)7/h9,11-12,14-21,24-25,29-30,36,41-44H,10,13,22-23,26-28H2,1-8H3,(H,54,56)(H,55,57)(H,58,65)(H,59,66)/t36-,41+,42+,43+,44+/m1/s1. The highest BCUT2D eigenvalue weighted by molar-refractivity contribution is 5.87. The van der Waals surface area contributed by atoms with Gasteiger partial charge in [0.1, 0.15) is 41.3 Å². The zero-order chi connectivity index (χ0) is 50.0. The minimum absolute atomic E-state index is 0.0467. The number of alkyl carbamates (subject to hydrolysis) is 2. The van der Waals surface area contributed by atoms with Crippen LogP contribution in [0.4, 0.5) is 18.8 Å². The van der Waals surface area contributed by atoms with Crippen LogP contribution in [0.2, 0.25) is 0 Å². The maximum Gasteiger partial charge on any atom is 0.410 e. The van der Waals surface area contributed by atoms with E-state index in [1.165, 1.54) is 18.1 Å². The third-order valence-electron chi connectivity index (χ3n) is 13.1. The molecule has 5 heterocycles. The lowest BCUT2D eigenvalue weighted by Gasteiger charge is -2.31. The van der Waals surface area contributed by atoms with Gasteiger partial charge in [-0.25, -0.2) is 28.7 Å². The fourth-order valence-corrected chi connectivity index (χ4v) is 9.42. The number of ether oxygens (including phenoxy) is 3. The van der Waals surface area contributed by atoms with E-state index in [1.807, 2.05) is 82.4 Å². The number of carbonyl (C=O) groups excluding carboxylic acids is 5. The lowest BCUT2D eigenvalue weighted by molar-refractivity contribution is -0.136. The minimum Gasteiger partial charge on any atom is -0.453 e. The number of imidazole rings is 2. The number of halogens is 1. The van der Waals surface area contributed by atoms with E-state index in [4.69, 9.17) is 24.2 Å². The largest absolute Gasteiger partial charge is 0.453 e. The van der Waals surface area contributed by atoms with Gasteiger partial charge in [-0.1, -0.05) is 88.4 Å². The van der Waals surface area contributed by atoms with Crippen LogP contribution in [0, 0.1) is 17.7 Å². The predicted octanol–water partition coefficient (Wildman–Crippen LogP) is 8.66. The van der Waals surface area contributed by atoms with Gasteiger partial charge >= 0.3 is 18.3 Å². The Labute approximate surface area is 406 Å². The monoisotopic (exact) mass is 959 g/mol. The van der Waals surface area contributed by atoms with Crippen LogP contribution in [0.3, 0.4) is 0 Å². The molecule has 17 nitrogen and oxygen atoms in total. The summed E-state index contributed by atoms with van der Waals surface area (Å²) in [4.78, 5) is 87.7. The molecule has 0 unspecified atom stereocenters. The first-order chi connectivity index (χ1) is 33.4. The summed E-state index contributed by atoms with van der Waals surface area (Å²) in [5, 5.41) is 5.45. The molecule has 2 fully saturated rings. The molecule has 3 aliphatic heterocycles. The van der Waals surface area contributed by atoms with Crippen molar-refractivity contribution < 1.29 is 42.6 Å². The molecule has 5 aromatic rings. The first kappa shape index (κ1) is 49.2. The molecule has 18 heteroatoms. The molecule has 3 aromatic carbocycles. The number of likely N-dealkylation sites (tertiary alicyclic amines) is 2. The Morgan fingerprint density at radius 3 is 2.04 bits per heavy atom. The van der Waals surface area contributed by atoms with Crippen molar-refractivity contribution in [2.24, 2.45) is 11.8 Å². The van der Waals surface area contributed by atoms with Gasteiger partial charge in [-0.05, 0) is 73.8 Å². The van der Waals surface area contributed by atoms with Gasteiger partial charge in [-0.15, -0.1) is 0 Å². The molecule has 0 spiro atoms. The van der Waals surface area contributed by atoms with E-state index in [2.05, 4.69) is 20.6 Å². The van der Waals surface area contributed by atoms with Crippen LogP contribution in [0.5, 0.6) is 0 Å². The Morgan fingerprint density at radius 2 is 1.41 bits per heavy atom. The molecule has 370 valence electrons. The number of nitrogens with one attached hydrogen (secondary N) is 4. The van der Waals surface area contributed by atoms with Gasteiger partial charge in [0.25, 0.3) is 0 Å². The summed E-state index contributed by atoms with van der Waals surface area (Å²) in [5.74, 6) is -0.180. The predicted molar refractivity (Wildman–Crippen MR) is 258 cm³/mol. The molecule has 2 aromatic heterocycles. The molecule has 5 atom stereocenters. The molecule has 0 aliphatic carbocycles. The number of aromatic amines is 2. The van der Waals surface area contributed by atoms with Crippen molar-refractivity contribution in [2.75, 3.05) is 20.2 Å². The lowest BCUT2D eigenvalue weighted by Crippen LogP contribution is -2.52. The molecule has 5 amide bonds. The third-order valence-corrected chi connectivity index (χ3v) is 13.1. The van der Waals surface area contributed by atoms with Crippen molar-refractivity contribution in [3.63, 3.8) is 0 Å². The number of fused-ring (bicyclic) bond motifs is 1. The second-order valence-corrected chi connectivity index (χ2v) is 19.9. The zero-order valence-electron chi connectivity index (χ0n) is 40.9. The molecular formula is C52H62FN9O8. The summed E-state index contributed by atoms with van der Waals surface area (Å²) in [6.07, 6.45) is 2.67. The van der Waals surface area contributed by atoms with E-state index in [1.54, 1.807) is 48.9 Å². The SMILES string of the molecule is COC(=O)N[C@H](C(=O)N1CCC[C@H]1c1nc(-c2ccc(-c3ccc(-c4cnc([C@@H]5C[C@@H](OC(=O)N6Cc7cccc(F)c7C6)CN5C(=O)[C@@H](NC(=O)OC(C)(C)C)C(C)C)[nH]4)cc3)cc2)c[nH]1)C(C)C. The topological polar surface area (TPSA) is 204 Å². The van der Waals surface area contributed by atoms with Gasteiger partial charge in [-0.3, -0.25) is 14.5 Å². The molecule has 0 bridgehead atoms. The zero-order valence-corrected chi connectivity index (χ0v) is 40.9. The van der Waals surface area contributed by atoms with Crippen molar-refractivity contribution in [3.05, 3.63) is 108 Å². The van der Waals surface area contributed by atoms with E-state index in [9.17, 15) is 28.4 Å². The molecular weight excluding hydrogens is 898 g/mol. The van der Waals surface area contributed by atoms with Crippen LogP contribution in [0.1, 0.15) is 103 Å². The Balaban J connectivity index is 0.955. The Kier molecular flexibility index (Phi) is 14.3. The van der Waals surface area contributed by atoms with Crippen molar-refractivity contribution in [2.45, 2.75) is 117 Å². The van der Waals surface area contributed by atoms with E-state index in [-0.39, 0.29) is 61.6 Å². The number of H-pyrrole nitrogens is 2. The van der Waals surface area contributed by atoms with Gasteiger partial charge in [0.2, 0.25) is 11.8 Å². The molecule has 0 saturated carbocycles. The molecule has 0 radical (unpaired) electrons. The van der Waals surface area contributed by atoms with Crippen molar-refractivity contribution >= 4 is 30.1 Å². The van der Waals surface area contributed by atoms with Gasteiger partial charge < -0.3 is 44.6 Å². The van der Waals surface area contributed by atoms with Crippen LogP contribution in [-0.4, -0.2) is 109 Å². The number of hydrogen-bond acceptors (Lipinski definition) is 10. The fraction of sp³-hybridized carbons (Fsp3) is 0.442. The summed E-state index contributed by atoms with van der Waals surface area (Å²) >= 11 is 0. The summed E-state index contributed by atoms with van der Waals surface area (Å²) in [6, 6.07) is 18.3. The fourth-order valence-electron chi connectivity index (χ4n) is 9.42. The third kappa shape index (κ3) is 10.8. The van der Waals surface area contributed by atoms with Crippen LogP contribution >= 0.6 is 0 Å². The van der Waals surface area contributed by atoms with Crippen LogP contribution in [0.25, 0.3) is 33.6 Å². The Hall–Kier alpha value is -7.24. The highest BCUT2D eigenvalue weighted by Gasteiger charge is 2.44. The maximum atomic E-state index is 14.6.